The Morgan fingerprint density at radius 1 is 1.35 bits per heavy atom. The second kappa shape index (κ2) is 5.40. The van der Waals surface area contributed by atoms with Crippen LogP contribution in [0.1, 0.15) is 23.2 Å². The van der Waals surface area contributed by atoms with Crippen molar-refractivity contribution in [3.8, 4) is 0 Å². The smallest absolute Gasteiger partial charge is 0.253 e. The van der Waals surface area contributed by atoms with E-state index in [1.54, 1.807) is 32.3 Å². The van der Waals surface area contributed by atoms with E-state index >= 15 is 0 Å². The van der Waals surface area contributed by atoms with Crippen LogP contribution >= 0.6 is 0 Å². The van der Waals surface area contributed by atoms with E-state index in [1.165, 1.54) is 4.90 Å². The van der Waals surface area contributed by atoms with Gasteiger partial charge in [0, 0.05) is 26.2 Å². The fourth-order valence-electron chi connectivity index (χ4n) is 2.53. The van der Waals surface area contributed by atoms with Crippen molar-refractivity contribution < 1.29 is 9.59 Å². The van der Waals surface area contributed by atoms with Gasteiger partial charge in [0.2, 0.25) is 5.91 Å². The first kappa shape index (κ1) is 14.2. The summed E-state index contributed by atoms with van der Waals surface area (Å²) in [6, 6.07) is 4.78. The molecule has 2 rings (SSSR count). The van der Waals surface area contributed by atoms with Gasteiger partial charge in [0.1, 0.15) is 6.04 Å². The summed E-state index contributed by atoms with van der Waals surface area (Å²) in [5, 5.41) is 0. The molecule has 1 aromatic carbocycles. The molecule has 1 atom stereocenters. The molecule has 1 fully saturated rings. The molecule has 0 aromatic heterocycles. The standard InChI is InChI=1S/C14H20N4O2/c1-17(2)14(20)9-5-6-10(15)12(8-9)18-7-3-4-11(18)13(16)19/h5-6,8,11H,3-4,7,15H2,1-2H3,(H2,16,19). The summed E-state index contributed by atoms with van der Waals surface area (Å²) in [6.45, 7) is 0.720. The topological polar surface area (TPSA) is 92.7 Å². The molecule has 0 aliphatic carbocycles. The highest BCUT2D eigenvalue weighted by atomic mass is 16.2. The maximum atomic E-state index is 12.0. The van der Waals surface area contributed by atoms with E-state index in [0.717, 1.165) is 19.4 Å². The molecular formula is C14H20N4O2. The third-order valence-corrected chi connectivity index (χ3v) is 3.57. The molecule has 1 aromatic rings. The number of amides is 2. The third-order valence-electron chi connectivity index (χ3n) is 3.57. The van der Waals surface area contributed by atoms with Gasteiger partial charge in [-0.15, -0.1) is 0 Å². The first-order chi connectivity index (χ1) is 9.41. The normalized spacial score (nSPS) is 18.1. The molecule has 0 spiro atoms. The number of nitrogens with two attached hydrogens (primary N) is 2. The molecule has 0 saturated carbocycles. The minimum Gasteiger partial charge on any atom is -0.397 e. The van der Waals surface area contributed by atoms with E-state index in [0.29, 0.717) is 16.9 Å². The monoisotopic (exact) mass is 276 g/mol. The minimum atomic E-state index is -0.355. The van der Waals surface area contributed by atoms with Gasteiger partial charge in [-0.25, -0.2) is 0 Å². The third kappa shape index (κ3) is 2.54. The average Bonchev–Trinajstić information content (AvgIpc) is 2.87. The zero-order valence-corrected chi connectivity index (χ0v) is 11.8. The predicted molar refractivity (Wildman–Crippen MR) is 78.4 cm³/mol. The molecule has 2 amide bonds. The number of hydrogen-bond acceptors (Lipinski definition) is 4. The van der Waals surface area contributed by atoms with Gasteiger partial charge in [-0.05, 0) is 31.0 Å². The molecule has 1 aliphatic heterocycles. The van der Waals surface area contributed by atoms with E-state index in [9.17, 15) is 9.59 Å². The van der Waals surface area contributed by atoms with Crippen LogP contribution in [-0.4, -0.2) is 43.4 Å². The first-order valence-electron chi connectivity index (χ1n) is 6.59. The van der Waals surface area contributed by atoms with Crippen LogP contribution in [0.15, 0.2) is 18.2 Å². The zero-order chi connectivity index (χ0) is 14.9. The van der Waals surface area contributed by atoms with Crippen LogP contribution in [0.5, 0.6) is 0 Å². The summed E-state index contributed by atoms with van der Waals surface area (Å²) in [4.78, 5) is 26.9. The lowest BCUT2D eigenvalue weighted by molar-refractivity contribution is -0.119. The van der Waals surface area contributed by atoms with Gasteiger partial charge in [0.25, 0.3) is 5.91 Å². The Bertz CT molecular complexity index is 542. The molecule has 108 valence electrons. The number of nitrogen functional groups attached to an aromatic ring is 1. The number of primary amides is 1. The zero-order valence-electron chi connectivity index (χ0n) is 11.8. The van der Waals surface area contributed by atoms with Crippen molar-refractivity contribution in [3.63, 3.8) is 0 Å². The maximum absolute atomic E-state index is 12.0. The van der Waals surface area contributed by atoms with Crippen LogP contribution in [-0.2, 0) is 4.79 Å². The molecule has 6 heteroatoms. The summed E-state index contributed by atoms with van der Waals surface area (Å²) < 4.78 is 0. The van der Waals surface area contributed by atoms with Crippen molar-refractivity contribution in [2.75, 3.05) is 31.3 Å². The highest BCUT2D eigenvalue weighted by molar-refractivity contribution is 5.96. The fourth-order valence-corrected chi connectivity index (χ4v) is 2.53. The molecule has 4 N–H and O–H groups in total. The summed E-state index contributed by atoms with van der Waals surface area (Å²) >= 11 is 0. The van der Waals surface area contributed by atoms with Gasteiger partial charge in [-0.3, -0.25) is 9.59 Å². The molecule has 20 heavy (non-hydrogen) atoms. The molecule has 0 radical (unpaired) electrons. The molecule has 0 bridgehead atoms. The molecule has 1 unspecified atom stereocenters. The summed E-state index contributed by atoms with van der Waals surface area (Å²) in [7, 11) is 3.39. The number of carbonyl (C=O) groups excluding carboxylic acids is 2. The lowest BCUT2D eigenvalue weighted by Crippen LogP contribution is -2.40. The molecular weight excluding hydrogens is 256 g/mol. The maximum Gasteiger partial charge on any atom is 0.253 e. The minimum absolute atomic E-state index is 0.0962. The van der Waals surface area contributed by atoms with E-state index < -0.39 is 0 Å². The largest absolute Gasteiger partial charge is 0.397 e. The second-order valence-corrected chi connectivity index (χ2v) is 5.23. The molecule has 6 nitrogen and oxygen atoms in total. The van der Waals surface area contributed by atoms with E-state index in [1.807, 2.05) is 4.90 Å². The van der Waals surface area contributed by atoms with Gasteiger partial charge in [0.15, 0.2) is 0 Å². The van der Waals surface area contributed by atoms with Gasteiger partial charge in [0.05, 0.1) is 11.4 Å². The van der Waals surface area contributed by atoms with Crippen molar-refractivity contribution in [1.82, 2.24) is 4.90 Å². The number of carbonyl (C=O) groups is 2. The van der Waals surface area contributed by atoms with E-state index in [4.69, 9.17) is 11.5 Å². The second-order valence-electron chi connectivity index (χ2n) is 5.23. The van der Waals surface area contributed by atoms with Crippen molar-refractivity contribution >= 4 is 23.2 Å². The number of anilines is 2. The Kier molecular flexibility index (Phi) is 3.83. The van der Waals surface area contributed by atoms with Crippen LogP contribution in [0.3, 0.4) is 0 Å². The Morgan fingerprint density at radius 2 is 2.05 bits per heavy atom. The van der Waals surface area contributed by atoms with E-state index in [-0.39, 0.29) is 17.9 Å². The van der Waals surface area contributed by atoms with Crippen LogP contribution in [0.25, 0.3) is 0 Å². The van der Waals surface area contributed by atoms with Crippen molar-refractivity contribution in [1.29, 1.82) is 0 Å². The summed E-state index contributed by atoms with van der Waals surface area (Å²) in [6.07, 6.45) is 1.61. The Morgan fingerprint density at radius 3 is 2.65 bits per heavy atom. The van der Waals surface area contributed by atoms with Crippen molar-refractivity contribution in [2.45, 2.75) is 18.9 Å². The average molecular weight is 276 g/mol. The Hall–Kier alpha value is -2.24. The highest BCUT2D eigenvalue weighted by Crippen LogP contribution is 2.31. The first-order valence-corrected chi connectivity index (χ1v) is 6.59. The lowest BCUT2D eigenvalue weighted by Gasteiger charge is -2.26. The number of benzene rings is 1. The van der Waals surface area contributed by atoms with Crippen LogP contribution in [0, 0.1) is 0 Å². The summed E-state index contributed by atoms with van der Waals surface area (Å²) in [5.41, 5.74) is 13.2. The van der Waals surface area contributed by atoms with Crippen molar-refractivity contribution in [2.24, 2.45) is 5.73 Å². The van der Waals surface area contributed by atoms with Crippen LogP contribution < -0.4 is 16.4 Å². The van der Waals surface area contributed by atoms with Crippen LogP contribution in [0.2, 0.25) is 0 Å². The Balaban J connectivity index is 2.38. The predicted octanol–water partition coefficient (Wildman–Crippen LogP) is 0.425. The van der Waals surface area contributed by atoms with Gasteiger partial charge < -0.3 is 21.3 Å². The SMILES string of the molecule is CN(C)C(=O)c1ccc(N)c(N2CCCC2C(N)=O)c1. The van der Waals surface area contributed by atoms with Gasteiger partial charge >= 0.3 is 0 Å². The van der Waals surface area contributed by atoms with Gasteiger partial charge in [-0.2, -0.15) is 0 Å². The Labute approximate surface area is 118 Å². The quantitative estimate of drug-likeness (QED) is 0.783. The van der Waals surface area contributed by atoms with Gasteiger partial charge in [-0.1, -0.05) is 0 Å². The lowest BCUT2D eigenvalue weighted by atomic mass is 10.1. The highest BCUT2D eigenvalue weighted by Gasteiger charge is 2.30. The number of rotatable bonds is 3. The molecule has 1 saturated heterocycles. The molecule has 1 aliphatic rings. The summed E-state index contributed by atoms with van der Waals surface area (Å²) in [5.74, 6) is -0.452. The number of hydrogen-bond donors (Lipinski definition) is 2. The fraction of sp³-hybridized carbons (Fsp3) is 0.429. The molecule has 1 heterocycles. The number of nitrogens with zero attached hydrogens (tertiary/aromatic N) is 2. The van der Waals surface area contributed by atoms with Crippen molar-refractivity contribution in [3.05, 3.63) is 23.8 Å². The van der Waals surface area contributed by atoms with Crippen LogP contribution in [0.4, 0.5) is 11.4 Å². The van der Waals surface area contributed by atoms with E-state index in [2.05, 4.69) is 0 Å².